The van der Waals surface area contributed by atoms with Gasteiger partial charge >= 0.3 is 5.97 Å². The number of aromatic nitrogens is 1. The van der Waals surface area contributed by atoms with Gasteiger partial charge < -0.3 is 45.1 Å². The molecule has 0 saturated carbocycles. The molecule has 0 spiro atoms. The lowest BCUT2D eigenvalue weighted by molar-refractivity contribution is -0.146. The first-order valence-corrected chi connectivity index (χ1v) is 33.8. The molecule has 1 aromatic heterocycles. The molecule has 4 aliphatic rings. The van der Waals surface area contributed by atoms with Crippen LogP contribution >= 0.6 is 11.8 Å². The van der Waals surface area contributed by atoms with Gasteiger partial charge in [0, 0.05) is 115 Å². The SMILES string of the molecule is C#C[C@H]1CC(F)(F)CN1C(=O)CNC(=O)c1ccnc2ccc(OCCCCC3CCN(C(=O)CN4C(=O)CC(S[C@H](CCCCCNC(=O)CCCc5ccc(C)cc5)CNC(=O)CN5CCN(COC=O)CCN(COC=O)CCN(CC(=O)O)CC5)C4=O)CC3)cc12. The number of alkyl halides is 2. The Labute approximate surface area is 558 Å². The summed E-state index contributed by atoms with van der Waals surface area (Å²) in [6.07, 6.45) is 14.8. The van der Waals surface area contributed by atoms with E-state index in [0.29, 0.717) is 140 Å². The van der Waals surface area contributed by atoms with Gasteiger partial charge in [-0.2, -0.15) is 0 Å². The third-order valence-corrected chi connectivity index (χ3v) is 19.1. The number of carbonyl (C=O) groups excluding carboxylic acids is 9. The van der Waals surface area contributed by atoms with Crippen LogP contribution in [0.4, 0.5) is 8.78 Å². The van der Waals surface area contributed by atoms with E-state index in [1.807, 2.05) is 21.6 Å². The lowest BCUT2D eigenvalue weighted by Crippen LogP contribution is -2.49. The monoisotopic (exact) mass is 1340 g/mol. The standard InChI is InChI=1S/C67H91F2N11O14S/c1-3-52-38-67(68,69)44-80(52)62(86)40-73-65(90)55-20-24-70-57-19-18-53(36-56(55)57)94-35-8-6-10-51-21-25-78(26-22-51)63(87)42-79-61(85)37-58(66(79)91)95-54(12-5-4-7-23-71-59(83)13-9-11-50-16-14-49(2)15-17-50)39-72-60(84)41-74-27-28-75(43-64(88)89)30-32-77(46-93-48-82)34-33-76(31-29-74)45-92-47-81/h1,14-20,24,36,47-48,51-52,54,58H,4-13,21-23,25-35,37-46H2,2H3,(H,71,83)(H,72,84)(H,73,90)(H,88,89)/t52-,54+,58?/m0/s1. The van der Waals surface area contributed by atoms with Gasteiger partial charge in [0.1, 0.15) is 25.8 Å². The number of rotatable bonds is 35. The van der Waals surface area contributed by atoms with Crippen molar-refractivity contribution in [3.8, 4) is 18.1 Å². The maximum atomic E-state index is 14.1. The van der Waals surface area contributed by atoms with E-state index in [9.17, 15) is 61.8 Å². The molecular weight excluding hydrogens is 1250 g/mol. The number of carboxylic acid groups (broad SMARTS) is 1. The topological polar surface area (TPSA) is 290 Å². The van der Waals surface area contributed by atoms with Crippen LogP contribution in [0.5, 0.6) is 5.75 Å². The number of hydrogen-bond acceptors (Lipinski definition) is 19. The summed E-state index contributed by atoms with van der Waals surface area (Å²) >= 11 is 1.31. The van der Waals surface area contributed by atoms with Crippen molar-refractivity contribution in [1.82, 2.24) is 55.2 Å². The summed E-state index contributed by atoms with van der Waals surface area (Å²) < 4.78 is 44.1. The normalized spacial score (nSPS) is 19.1. The number of pyridine rings is 1. The van der Waals surface area contributed by atoms with Crippen LogP contribution in [0, 0.1) is 25.2 Å². The Hall–Kier alpha value is -7.84. The fraction of sp³-hybridized carbons (Fsp3) is 0.597. The van der Waals surface area contributed by atoms with E-state index in [4.69, 9.17) is 20.6 Å². The molecule has 518 valence electrons. The molecule has 4 aliphatic heterocycles. The summed E-state index contributed by atoms with van der Waals surface area (Å²) in [5, 5.41) is 17.7. The van der Waals surface area contributed by atoms with Crippen molar-refractivity contribution < 1.29 is 76.0 Å². The van der Waals surface area contributed by atoms with Crippen molar-refractivity contribution in [2.45, 2.75) is 119 Å². The number of likely N-dealkylation sites (tertiary alicyclic amines) is 3. The molecule has 5 heterocycles. The van der Waals surface area contributed by atoms with Crippen molar-refractivity contribution in [2.75, 3.05) is 131 Å². The van der Waals surface area contributed by atoms with Crippen molar-refractivity contribution in [2.24, 2.45) is 5.92 Å². The summed E-state index contributed by atoms with van der Waals surface area (Å²) in [4.78, 5) is 144. The number of unbranched alkanes of at least 4 members (excludes halogenated alkanes) is 3. The first kappa shape index (κ1) is 74.6. The largest absolute Gasteiger partial charge is 0.494 e. The van der Waals surface area contributed by atoms with E-state index in [1.54, 1.807) is 28.0 Å². The number of piperidine rings is 1. The highest BCUT2D eigenvalue weighted by Crippen LogP contribution is 2.33. The Kier molecular flexibility index (Phi) is 30.3. The van der Waals surface area contributed by atoms with E-state index < -0.39 is 66.3 Å². The van der Waals surface area contributed by atoms with Crippen LogP contribution in [-0.2, 0) is 59.0 Å². The number of fused-ring (bicyclic) bond motifs is 1. The minimum Gasteiger partial charge on any atom is -0.494 e. The van der Waals surface area contributed by atoms with Crippen molar-refractivity contribution in [1.29, 1.82) is 0 Å². The van der Waals surface area contributed by atoms with Crippen LogP contribution in [0.2, 0.25) is 0 Å². The summed E-state index contributed by atoms with van der Waals surface area (Å²) in [6.45, 7) is 5.64. The Bertz CT molecular complexity index is 3120. The zero-order valence-corrected chi connectivity index (χ0v) is 55.1. The van der Waals surface area contributed by atoms with E-state index in [-0.39, 0.29) is 74.6 Å². The number of aliphatic carboxylic acids is 1. The minimum absolute atomic E-state index is 0.00516. The van der Waals surface area contributed by atoms with Crippen molar-refractivity contribution >= 4 is 82.9 Å². The second kappa shape index (κ2) is 38.6. The molecule has 3 aromatic rings. The van der Waals surface area contributed by atoms with Gasteiger partial charge in [-0.1, -0.05) is 55.0 Å². The average Bonchev–Trinajstić information content (AvgIpc) is 1.84. The third kappa shape index (κ3) is 25.0. The Morgan fingerprint density at radius 1 is 0.779 bits per heavy atom. The second-order valence-electron chi connectivity index (χ2n) is 24.7. The number of nitrogens with zero attached hydrogens (tertiary/aromatic N) is 8. The Balaban J connectivity index is 0.866. The van der Waals surface area contributed by atoms with Gasteiger partial charge in [-0.05, 0) is 94.0 Å². The molecule has 7 rings (SSSR count). The first-order valence-electron chi connectivity index (χ1n) is 32.8. The zero-order chi connectivity index (χ0) is 68.1. The van der Waals surface area contributed by atoms with Crippen LogP contribution in [0.25, 0.3) is 10.9 Å². The number of carboxylic acids is 1. The molecule has 25 nitrogen and oxygen atoms in total. The van der Waals surface area contributed by atoms with Gasteiger partial charge in [-0.25, -0.2) is 8.78 Å². The Morgan fingerprint density at radius 3 is 2.12 bits per heavy atom. The highest BCUT2D eigenvalue weighted by Gasteiger charge is 2.46. The predicted octanol–water partition coefficient (Wildman–Crippen LogP) is 3.54. The highest BCUT2D eigenvalue weighted by atomic mass is 32.2. The van der Waals surface area contributed by atoms with Crippen LogP contribution in [0.3, 0.4) is 0 Å². The number of benzene rings is 2. The van der Waals surface area contributed by atoms with Gasteiger partial charge in [-0.3, -0.25) is 77.4 Å². The van der Waals surface area contributed by atoms with Crippen LogP contribution < -0.4 is 20.7 Å². The lowest BCUT2D eigenvalue weighted by Gasteiger charge is -2.33. The van der Waals surface area contributed by atoms with Crippen LogP contribution in [-0.4, -0.2) is 258 Å². The zero-order valence-electron chi connectivity index (χ0n) is 54.3. The predicted molar refractivity (Wildman–Crippen MR) is 349 cm³/mol. The molecule has 1 unspecified atom stereocenters. The molecule has 0 bridgehead atoms. The first-order chi connectivity index (χ1) is 45.8. The van der Waals surface area contributed by atoms with Gasteiger partial charge in [0.25, 0.3) is 24.8 Å². The molecule has 0 aliphatic carbocycles. The number of carbonyl (C=O) groups is 10. The number of aryl methyl sites for hydroxylation is 2. The van der Waals surface area contributed by atoms with Gasteiger partial charge in [0.2, 0.25) is 35.4 Å². The third-order valence-electron chi connectivity index (χ3n) is 17.6. The molecule has 3 atom stereocenters. The number of imide groups is 1. The van der Waals surface area contributed by atoms with Crippen LogP contribution in [0.1, 0.15) is 105 Å². The molecule has 4 N–H and O–H groups in total. The van der Waals surface area contributed by atoms with Crippen molar-refractivity contribution in [3.63, 3.8) is 0 Å². The molecule has 95 heavy (non-hydrogen) atoms. The quantitative estimate of drug-likeness (QED) is 0.0283. The number of hydrogen-bond donors (Lipinski definition) is 4. The summed E-state index contributed by atoms with van der Waals surface area (Å²) in [7, 11) is 0. The van der Waals surface area contributed by atoms with Crippen molar-refractivity contribution in [3.05, 3.63) is 71.4 Å². The van der Waals surface area contributed by atoms with Gasteiger partial charge in [0.05, 0.1) is 55.2 Å². The summed E-state index contributed by atoms with van der Waals surface area (Å²) in [5.74, 6) is -3.86. The van der Waals surface area contributed by atoms with Gasteiger partial charge in [0.15, 0.2) is 0 Å². The lowest BCUT2D eigenvalue weighted by atomic mass is 9.91. The fourth-order valence-corrected chi connectivity index (χ4v) is 13.5. The molecule has 4 saturated heterocycles. The van der Waals surface area contributed by atoms with E-state index in [1.165, 1.54) is 35.2 Å². The number of halogens is 2. The smallest absolute Gasteiger partial charge is 0.317 e. The maximum Gasteiger partial charge on any atom is 0.317 e. The molecule has 28 heteroatoms. The molecular formula is C67H91F2N11O14S. The Morgan fingerprint density at radius 2 is 1.45 bits per heavy atom. The molecule has 2 aromatic carbocycles. The highest BCUT2D eigenvalue weighted by molar-refractivity contribution is 8.01. The fourth-order valence-electron chi connectivity index (χ4n) is 12.1. The van der Waals surface area contributed by atoms with E-state index in [2.05, 4.69) is 51.1 Å². The summed E-state index contributed by atoms with van der Waals surface area (Å²) in [5.41, 5.74) is 3.11. The van der Waals surface area contributed by atoms with Crippen LogP contribution in [0.15, 0.2) is 54.7 Å². The number of amides is 7. The number of thioether (sulfide) groups is 1. The average molecular weight is 1340 g/mol. The molecule has 4 fully saturated rings. The van der Waals surface area contributed by atoms with Gasteiger partial charge in [-0.15, -0.1) is 18.2 Å². The number of ether oxygens (including phenoxy) is 3. The number of terminal acetylenes is 1. The molecule has 7 amide bonds. The minimum atomic E-state index is -3.10. The van der Waals surface area contributed by atoms with E-state index >= 15 is 0 Å². The maximum absolute atomic E-state index is 14.1. The molecule has 0 radical (unpaired) electrons. The van der Waals surface area contributed by atoms with E-state index in [0.717, 1.165) is 61.2 Å². The summed E-state index contributed by atoms with van der Waals surface area (Å²) in [6, 6.07) is 13.9. The second-order valence-corrected chi connectivity index (χ2v) is 26.2. The number of nitrogens with one attached hydrogen (secondary N) is 3.